The van der Waals surface area contributed by atoms with Crippen molar-refractivity contribution in [1.82, 2.24) is 9.97 Å². The molecule has 1 aliphatic rings. The lowest BCUT2D eigenvalue weighted by Crippen LogP contribution is -2.46. The second-order valence-corrected chi connectivity index (χ2v) is 4.53. The predicted molar refractivity (Wildman–Crippen MR) is 65.5 cm³/mol. The average molecular weight is 245 g/mol. The van der Waals surface area contributed by atoms with Crippen LogP contribution in [-0.2, 0) is 4.79 Å². The van der Waals surface area contributed by atoms with Gasteiger partial charge in [-0.25, -0.2) is 9.97 Å². The number of nitrogens with zero attached hydrogens (tertiary/aromatic N) is 4. The fourth-order valence-corrected chi connectivity index (χ4v) is 2.17. The Balaban J connectivity index is 2.24. The van der Waals surface area contributed by atoms with Crippen molar-refractivity contribution in [3.63, 3.8) is 0 Å². The third-order valence-electron chi connectivity index (χ3n) is 3.30. The number of aromatic nitrogens is 2. The Morgan fingerprint density at radius 1 is 1.61 bits per heavy atom. The van der Waals surface area contributed by atoms with Gasteiger partial charge in [-0.1, -0.05) is 0 Å². The lowest BCUT2D eigenvalue weighted by Gasteiger charge is -2.36. The second kappa shape index (κ2) is 5.00. The largest absolute Gasteiger partial charge is 0.369 e. The maximum Gasteiger partial charge on any atom is 0.226 e. The van der Waals surface area contributed by atoms with E-state index in [1.165, 1.54) is 0 Å². The first kappa shape index (κ1) is 12.3. The quantitative estimate of drug-likeness (QED) is 0.815. The van der Waals surface area contributed by atoms with E-state index in [2.05, 4.69) is 16.9 Å². The number of carbonyl (C=O) groups excluding carboxylic acids is 1. The smallest absolute Gasteiger partial charge is 0.226 e. The Kier molecular flexibility index (Phi) is 3.42. The number of hydrogen-bond acceptors (Lipinski definition) is 5. The third-order valence-corrected chi connectivity index (χ3v) is 3.30. The molecule has 1 amide bonds. The zero-order valence-corrected chi connectivity index (χ0v) is 10.2. The van der Waals surface area contributed by atoms with Gasteiger partial charge >= 0.3 is 0 Å². The highest BCUT2D eigenvalue weighted by atomic mass is 16.1. The molecule has 0 radical (unpaired) electrons. The standard InChI is InChI=1S/C12H15N5O/c1-8-2-3-9(11(14)18)7-17(8)12-15-5-4-10(6-13)16-12/h4-5,8-9H,2-3,7H2,1H3,(H2,14,18). The van der Waals surface area contributed by atoms with Gasteiger partial charge in [0.05, 0.1) is 5.92 Å². The molecule has 6 heteroatoms. The topological polar surface area (TPSA) is 95.9 Å². The van der Waals surface area contributed by atoms with Crippen molar-refractivity contribution in [1.29, 1.82) is 5.26 Å². The summed E-state index contributed by atoms with van der Waals surface area (Å²) in [6.45, 7) is 2.57. The lowest BCUT2D eigenvalue weighted by atomic mass is 9.93. The summed E-state index contributed by atoms with van der Waals surface area (Å²) in [4.78, 5) is 21.5. The fraction of sp³-hybridized carbons (Fsp3) is 0.500. The average Bonchev–Trinajstić information content (AvgIpc) is 2.39. The van der Waals surface area contributed by atoms with E-state index in [4.69, 9.17) is 11.0 Å². The van der Waals surface area contributed by atoms with Crippen molar-refractivity contribution in [2.75, 3.05) is 11.4 Å². The van der Waals surface area contributed by atoms with Crippen LogP contribution in [0.4, 0.5) is 5.95 Å². The molecule has 94 valence electrons. The molecule has 1 aliphatic heterocycles. The van der Waals surface area contributed by atoms with Crippen LogP contribution in [0.2, 0.25) is 0 Å². The number of nitriles is 1. The van der Waals surface area contributed by atoms with Crippen molar-refractivity contribution < 1.29 is 4.79 Å². The summed E-state index contributed by atoms with van der Waals surface area (Å²) >= 11 is 0. The zero-order valence-electron chi connectivity index (χ0n) is 10.2. The van der Waals surface area contributed by atoms with Crippen molar-refractivity contribution >= 4 is 11.9 Å². The van der Waals surface area contributed by atoms with Gasteiger partial charge in [0, 0.05) is 18.8 Å². The normalized spacial score (nSPS) is 23.4. The molecule has 2 unspecified atom stereocenters. The highest BCUT2D eigenvalue weighted by Gasteiger charge is 2.30. The minimum Gasteiger partial charge on any atom is -0.369 e. The molecule has 2 atom stereocenters. The van der Waals surface area contributed by atoms with Gasteiger partial charge in [0.15, 0.2) is 0 Å². The van der Waals surface area contributed by atoms with E-state index in [9.17, 15) is 4.79 Å². The minimum atomic E-state index is -0.289. The van der Waals surface area contributed by atoms with E-state index < -0.39 is 0 Å². The molecule has 6 nitrogen and oxygen atoms in total. The van der Waals surface area contributed by atoms with Crippen molar-refractivity contribution in [2.45, 2.75) is 25.8 Å². The van der Waals surface area contributed by atoms with Crippen LogP contribution in [0.3, 0.4) is 0 Å². The van der Waals surface area contributed by atoms with Crippen molar-refractivity contribution in [3.05, 3.63) is 18.0 Å². The summed E-state index contributed by atoms with van der Waals surface area (Å²) in [5, 5.41) is 8.83. The van der Waals surface area contributed by atoms with Gasteiger partial charge in [0.2, 0.25) is 11.9 Å². The van der Waals surface area contributed by atoms with Crippen molar-refractivity contribution in [3.8, 4) is 6.07 Å². The third kappa shape index (κ3) is 2.40. The van der Waals surface area contributed by atoms with E-state index in [0.717, 1.165) is 12.8 Å². The van der Waals surface area contributed by atoms with Gasteiger partial charge < -0.3 is 10.6 Å². The van der Waals surface area contributed by atoms with Crippen LogP contribution in [0, 0.1) is 17.2 Å². The molecule has 2 N–H and O–H groups in total. The van der Waals surface area contributed by atoms with Crippen molar-refractivity contribution in [2.24, 2.45) is 11.7 Å². The number of primary amides is 1. The molecule has 0 bridgehead atoms. The Bertz CT molecular complexity index is 495. The van der Waals surface area contributed by atoms with Crippen LogP contribution < -0.4 is 10.6 Å². The number of nitrogens with two attached hydrogens (primary N) is 1. The van der Waals surface area contributed by atoms with E-state index in [0.29, 0.717) is 18.2 Å². The first-order chi connectivity index (χ1) is 8.61. The van der Waals surface area contributed by atoms with Gasteiger partial charge in [0.25, 0.3) is 0 Å². The van der Waals surface area contributed by atoms with Crippen LogP contribution in [-0.4, -0.2) is 28.5 Å². The molecule has 1 aromatic rings. The van der Waals surface area contributed by atoms with E-state index >= 15 is 0 Å². The summed E-state index contributed by atoms with van der Waals surface area (Å²) in [7, 11) is 0. The number of piperidine rings is 1. The van der Waals surface area contributed by atoms with Gasteiger partial charge in [-0.3, -0.25) is 4.79 Å². The summed E-state index contributed by atoms with van der Waals surface area (Å²) in [5.74, 6) is 0.0337. The molecule has 0 saturated carbocycles. The Morgan fingerprint density at radius 2 is 2.39 bits per heavy atom. The molecular formula is C12H15N5O. The Labute approximate surface area is 105 Å². The SMILES string of the molecule is CC1CCC(C(N)=O)CN1c1nccc(C#N)n1. The lowest BCUT2D eigenvalue weighted by molar-refractivity contribution is -0.122. The van der Waals surface area contributed by atoms with Crippen LogP contribution in [0.15, 0.2) is 12.3 Å². The number of hydrogen-bond donors (Lipinski definition) is 1. The van der Waals surface area contributed by atoms with Crippen LogP contribution in [0.1, 0.15) is 25.5 Å². The Hall–Kier alpha value is -2.16. The predicted octanol–water partition coefficient (Wildman–Crippen LogP) is 0.438. The fourth-order valence-electron chi connectivity index (χ4n) is 2.17. The molecular weight excluding hydrogens is 230 g/mol. The van der Waals surface area contributed by atoms with Gasteiger partial charge in [-0.15, -0.1) is 0 Å². The molecule has 2 heterocycles. The summed E-state index contributed by atoms with van der Waals surface area (Å²) in [6, 6.07) is 3.79. The highest BCUT2D eigenvalue weighted by Crippen LogP contribution is 2.25. The van der Waals surface area contributed by atoms with Crippen LogP contribution in [0.5, 0.6) is 0 Å². The summed E-state index contributed by atoms with van der Waals surface area (Å²) in [5.41, 5.74) is 5.68. The molecule has 0 aliphatic carbocycles. The monoisotopic (exact) mass is 245 g/mol. The number of rotatable bonds is 2. The Morgan fingerprint density at radius 3 is 3.06 bits per heavy atom. The molecule has 1 fully saturated rings. The zero-order chi connectivity index (χ0) is 13.1. The first-order valence-corrected chi connectivity index (χ1v) is 5.91. The molecule has 18 heavy (non-hydrogen) atoms. The van der Waals surface area contributed by atoms with E-state index in [-0.39, 0.29) is 17.9 Å². The van der Waals surface area contributed by atoms with Gasteiger partial charge in [-0.05, 0) is 25.8 Å². The summed E-state index contributed by atoms with van der Waals surface area (Å²) in [6.07, 6.45) is 3.22. The maximum absolute atomic E-state index is 11.3. The highest BCUT2D eigenvalue weighted by molar-refractivity contribution is 5.77. The van der Waals surface area contributed by atoms with Crippen LogP contribution in [0.25, 0.3) is 0 Å². The van der Waals surface area contributed by atoms with E-state index in [1.807, 2.05) is 11.0 Å². The van der Waals surface area contributed by atoms with E-state index in [1.54, 1.807) is 12.3 Å². The molecule has 0 spiro atoms. The maximum atomic E-state index is 11.3. The first-order valence-electron chi connectivity index (χ1n) is 5.91. The number of carbonyl (C=O) groups is 1. The minimum absolute atomic E-state index is 0.171. The van der Waals surface area contributed by atoms with Crippen LogP contribution >= 0.6 is 0 Å². The summed E-state index contributed by atoms with van der Waals surface area (Å²) < 4.78 is 0. The molecule has 1 aromatic heterocycles. The van der Waals surface area contributed by atoms with Gasteiger partial charge in [0.1, 0.15) is 11.8 Å². The second-order valence-electron chi connectivity index (χ2n) is 4.53. The van der Waals surface area contributed by atoms with Gasteiger partial charge in [-0.2, -0.15) is 5.26 Å². The molecule has 1 saturated heterocycles. The number of amides is 1. The number of anilines is 1. The molecule has 0 aromatic carbocycles. The molecule has 2 rings (SSSR count).